The van der Waals surface area contributed by atoms with Gasteiger partial charge in [-0.3, -0.25) is 9.48 Å². The Morgan fingerprint density at radius 3 is 2.60 bits per heavy atom. The maximum absolute atomic E-state index is 13.1. The normalized spacial score (nSPS) is 21.8. The lowest BCUT2D eigenvalue weighted by Gasteiger charge is -2.34. The van der Waals surface area contributed by atoms with Crippen LogP contribution < -0.4 is 10.6 Å². The summed E-state index contributed by atoms with van der Waals surface area (Å²) in [6.45, 7) is 6.36. The first kappa shape index (κ1) is 15.9. The van der Waals surface area contributed by atoms with Crippen LogP contribution in [0, 0.1) is 12.3 Å². The standard InChI is InChI=1S/C20H24N4O/c1-12-13(11-21-24(12)4)19-18-16(9-20(2,3)10-17(18)25)22-14-7-5-6-8-15(14)23-19/h5-8,11,19,22-23H,9-10H2,1-4H3/t19-/m0/s1. The molecule has 0 bridgehead atoms. The Kier molecular flexibility index (Phi) is 3.49. The second-order valence-corrected chi connectivity index (χ2v) is 7.89. The first-order chi connectivity index (χ1) is 11.9. The van der Waals surface area contributed by atoms with Crippen molar-refractivity contribution in [3.05, 3.63) is 53.0 Å². The molecule has 1 aromatic heterocycles. The van der Waals surface area contributed by atoms with E-state index >= 15 is 0 Å². The number of aryl methyl sites for hydroxylation is 1. The molecule has 2 N–H and O–H groups in total. The van der Waals surface area contributed by atoms with E-state index in [9.17, 15) is 4.79 Å². The second-order valence-electron chi connectivity index (χ2n) is 7.89. The lowest BCUT2D eigenvalue weighted by molar-refractivity contribution is -0.118. The highest BCUT2D eigenvalue weighted by Crippen LogP contribution is 2.45. The van der Waals surface area contributed by atoms with E-state index in [2.05, 4.69) is 41.7 Å². The highest BCUT2D eigenvalue weighted by atomic mass is 16.1. The number of rotatable bonds is 1. The van der Waals surface area contributed by atoms with Crippen LogP contribution in [0.5, 0.6) is 0 Å². The average Bonchev–Trinajstić information content (AvgIpc) is 2.77. The molecular weight excluding hydrogens is 312 g/mol. The molecule has 0 saturated carbocycles. The van der Waals surface area contributed by atoms with Crippen LogP contribution in [0.15, 0.2) is 41.7 Å². The van der Waals surface area contributed by atoms with Gasteiger partial charge in [-0.15, -0.1) is 0 Å². The summed E-state index contributed by atoms with van der Waals surface area (Å²) in [4.78, 5) is 13.1. The van der Waals surface area contributed by atoms with E-state index in [4.69, 9.17) is 0 Å². The van der Waals surface area contributed by atoms with Gasteiger partial charge >= 0.3 is 0 Å². The number of hydrogen-bond donors (Lipinski definition) is 2. The van der Waals surface area contributed by atoms with Crippen LogP contribution in [0.2, 0.25) is 0 Å². The van der Waals surface area contributed by atoms with Crippen molar-refractivity contribution in [2.45, 2.75) is 39.7 Å². The Balaban J connectivity index is 1.91. The van der Waals surface area contributed by atoms with E-state index < -0.39 is 0 Å². The molecule has 0 fully saturated rings. The number of aromatic nitrogens is 2. The molecule has 0 saturated heterocycles. The number of ketones is 1. The van der Waals surface area contributed by atoms with Gasteiger partial charge < -0.3 is 10.6 Å². The average molecular weight is 336 g/mol. The van der Waals surface area contributed by atoms with Crippen LogP contribution >= 0.6 is 0 Å². The van der Waals surface area contributed by atoms with Gasteiger partial charge in [0.15, 0.2) is 5.78 Å². The summed E-state index contributed by atoms with van der Waals surface area (Å²) in [5.74, 6) is 0.215. The Morgan fingerprint density at radius 1 is 1.20 bits per heavy atom. The third-order valence-corrected chi connectivity index (χ3v) is 5.31. The van der Waals surface area contributed by atoms with Crippen molar-refractivity contribution in [1.29, 1.82) is 0 Å². The van der Waals surface area contributed by atoms with Crippen molar-refractivity contribution < 1.29 is 4.79 Å². The van der Waals surface area contributed by atoms with Gasteiger partial charge in [0.1, 0.15) is 0 Å². The minimum atomic E-state index is -0.177. The van der Waals surface area contributed by atoms with Crippen LogP contribution in [-0.4, -0.2) is 15.6 Å². The lowest BCUT2D eigenvalue weighted by atomic mass is 9.73. The number of fused-ring (bicyclic) bond motifs is 1. The third kappa shape index (κ3) is 2.64. The van der Waals surface area contributed by atoms with Crippen LogP contribution in [0.4, 0.5) is 11.4 Å². The van der Waals surface area contributed by atoms with Crippen molar-refractivity contribution in [3.63, 3.8) is 0 Å². The molecule has 4 rings (SSSR count). The summed E-state index contributed by atoms with van der Waals surface area (Å²) in [6.07, 6.45) is 3.31. The fraction of sp³-hybridized carbons (Fsp3) is 0.400. The smallest absolute Gasteiger partial charge is 0.163 e. The summed E-state index contributed by atoms with van der Waals surface area (Å²) < 4.78 is 1.86. The molecular formula is C20H24N4O. The molecule has 0 unspecified atom stereocenters. The fourth-order valence-electron chi connectivity index (χ4n) is 3.92. The van der Waals surface area contributed by atoms with E-state index in [1.165, 1.54) is 0 Å². The van der Waals surface area contributed by atoms with Crippen molar-refractivity contribution in [2.24, 2.45) is 12.5 Å². The molecule has 130 valence electrons. The zero-order valence-corrected chi connectivity index (χ0v) is 15.2. The van der Waals surface area contributed by atoms with E-state index in [0.29, 0.717) is 6.42 Å². The van der Waals surface area contributed by atoms with Crippen molar-refractivity contribution in [3.8, 4) is 0 Å². The Labute approximate surface area is 148 Å². The largest absolute Gasteiger partial charge is 0.372 e. The molecule has 1 aromatic carbocycles. The maximum atomic E-state index is 13.1. The summed E-state index contributed by atoms with van der Waals surface area (Å²) in [5, 5.41) is 11.5. The first-order valence-electron chi connectivity index (χ1n) is 8.73. The minimum absolute atomic E-state index is 0.0310. The molecule has 2 aromatic rings. The number of nitrogens with one attached hydrogen (secondary N) is 2. The lowest BCUT2D eigenvalue weighted by Crippen LogP contribution is -2.31. The molecule has 0 spiro atoms. The van der Waals surface area contributed by atoms with Gasteiger partial charge in [0.05, 0.1) is 23.6 Å². The Morgan fingerprint density at radius 2 is 1.92 bits per heavy atom. The summed E-state index contributed by atoms with van der Waals surface area (Å²) in [7, 11) is 1.93. The molecule has 2 aliphatic rings. The predicted octanol–water partition coefficient (Wildman–Crippen LogP) is 3.95. The van der Waals surface area contributed by atoms with Gasteiger partial charge in [0, 0.05) is 36.0 Å². The maximum Gasteiger partial charge on any atom is 0.163 e. The molecule has 5 heteroatoms. The van der Waals surface area contributed by atoms with Crippen LogP contribution in [0.3, 0.4) is 0 Å². The zero-order valence-electron chi connectivity index (χ0n) is 15.2. The third-order valence-electron chi connectivity index (χ3n) is 5.31. The number of carbonyl (C=O) groups is 1. The number of hydrogen-bond acceptors (Lipinski definition) is 4. The van der Waals surface area contributed by atoms with Crippen molar-refractivity contribution in [1.82, 2.24) is 9.78 Å². The van der Waals surface area contributed by atoms with E-state index in [1.807, 2.05) is 37.0 Å². The van der Waals surface area contributed by atoms with Gasteiger partial charge in [0.2, 0.25) is 0 Å². The molecule has 1 atom stereocenters. The SMILES string of the molecule is Cc1c([C@@H]2Nc3ccccc3NC3=C2C(=O)CC(C)(C)C3)cnn1C. The first-order valence-corrected chi connectivity index (χ1v) is 8.73. The number of benzene rings is 1. The summed E-state index contributed by atoms with van der Waals surface area (Å²) in [6, 6.07) is 7.95. The summed E-state index contributed by atoms with van der Waals surface area (Å²) >= 11 is 0. The minimum Gasteiger partial charge on any atom is -0.372 e. The Hall–Kier alpha value is -2.56. The quantitative estimate of drug-likeness (QED) is 0.828. The van der Waals surface area contributed by atoms with Crippen LogP contribution in [-0.2, 0) is 11.8 Å². The zero-order chi connectivity index (χ0) is 17.8. The van der Waals surface area contributed by atoms with E-state index in [-0.39, 0.29) is 17.2 Å². The highest BCUT2D eigenvalue weighted by molar-refractivity contribution is 6.01. The van der Waals surface area contributed by atoms with Gasteiger partial charge in [-0.2, -0.15) is 5.10 Å². The number of anilines is 2. The van der Waals surface area contributed by atoms with Crippen LogP contribution in [0.25, 0.3) is 0 Å². The predicted molar refractivity (Wildman–Crippen MR) is 99.4 cm³/mol. The number of para-hydroxylation sites is 2. The van der Waals surface area contributed by atoms with Crippen LogP contribution in [0.1, 0.15) is 44.0 Å². The molecule has 0 amide bonds. The molecule has 1 aliphatic carbocycles. The van der Waals surface area contributed by atoms with Crippen molar-refractivity contribution >= 4 is 17.2 Å². The summed E-state index contributed by atoms with van der Waals surface area (Å²) in [5.41, 5.74) is 6.01. The van der Waals surface area contributed by atoms with Crippen molar-refractivity contribution in [2.75, 3.05) is 10.6 Å². The number of carbonyl (C=O) groups excluding carboxylic acids is 1. The van der Waals surface area contributed by atoms with E-state index in [0.717, 1.165) is 40.3 Å². The fourth-order valence-corrected chi connectivity index (χ4v) is 3.92. The Bertz CT molecular complexity index is 891. The monoisotopic (exact) mass is 336 g/mol. The highest BCUT2D eigenvalue weighted by Gasteiger charge is 2.39. The second kappa shape index (κ2) is 5.48. The topological polar surface area (TPSA) is 58.9 Å². The number of Topliss-reactive ketones (excluding diaryl/α,β-unsaturated/α-hetero) is 1. The van der Waals surface area contributed by atoms with E-state index in [1.54, 1.807) is 0 Å². The van der Waals surface area contributed by atoms with Gasteiger partial charge in [0.25, 0.3) is 0 Å². The molecule has 1 aliphatic heterocycles. The number of allylic oxidation sites excluding steroid dienone is 1. The van der Waals surface area contributed by atoms with Gasteiger partial charge in [-0.1, -0.05) is 26.0 Å². The van der Waals surface area contributed by atoms with Gasteiger partial charge in [-0.05, 0) is 30.9 Å². The molecule has 25 heavy (non-hydrogen) atoms. The molecule has 2 heterocycles. The number of nitrogens with zero attached hydrogens (tertiary/aromatic N) is 2. The molecule has 0 radical (unpaired) electrons. The van der Waals surface area contributed by atoms with Gasteiger partial charge in [-0.25, -0.2) is 0 Å². The molecule has 5 nitrogen and oxygen atoms in total.